The van der Waals surface area contributed by atoms with Crippen LogP contribution in [0.4, 0.5) is 0 Å². The van der Waals surface area contributed by atoms with E-state index in [1.54, 1.807) is 11.8 Å². The van der Waals surface area contributed by atoms with Crippen LogP contribution in [0.2, 0.25) is 0 Å². The first-order valence-corrected chi connectivity index (χ1v) is 5.38. The number of nitrogens with one attached hydrogen (secondary N) is 1. The monoisotopic (exact) mass is 212 g/mol. The molecule has 1 unspecified atom stereocenters. The average Bonchev–Trinajstić information content (AvgIpc) is 2.17. The van der Waals surface area contributed by atoms with Gasteiger partial charge in [0.15, 0.2) is 0 Å². The predicted molar refractivity (Wildman–Crippen MR) is 58.3 cm³/mol. The van der Waals surface area contributed by atoms with E-state index >= 15 is 0 Å². The molecule has 1 saturated heterocycles. The summed E-state index contributed by atoms with van der Waals surface area (Å²) < 4.78 is 0. The third-order valence-electron chi connectivity index (χ3n) is 2.33. The summed E-state index contributed by atoms with van der Waals surface area (Å²) in [5.41, 5.74) is 0.0722. The van der Waals surface area contributed by atoms with Crippen molar-refractivity contribution in [2.75, 3.05) is 13.1 Å². The Hall–Kier alpha value is -1.06. The van der Waals surface area contributed by atoms with Crippen LogP contribution in [-0.4, -0.2) is 35.8 Å². The van der Waals surface area contributed by atoms with E-state index in [1.165, 1.54) is 0 Å². The van der Waals surface area contributed by atoms with Crippen LogP contribution < -0.4 is 5.32 Å². The number of hydrogen-bond donors (Lipinski definition) is 1. The molecule has 1 aliphatic rings. The van der Waals surface area contributed by atoms with E-state index < -0.39 is 0 Å². The molecule has 86 valence electrons. The minimum atomic E-state index is -0.387. The molecule has 4 nitrogen and oxygen atoms in total. The van der Waals surface area contributed by atoms with Gasteiger partial charge in [0.1, 0.15) is 6.04 Å². The van der Waals surface area contributed by atoms with Crippen molar-refractivity contribution in [3.63, 3.8) is 0 Å². The molecule has 0 aromatic rings. The molecule has 1 aliphatic heterocycles. The largest absolute Gasteiger partial charge is 0.345 e. The highest BCUT2D eigenvalue weighted by Crippen LogP contribution is 2.17. The van der Waals surface area contributed by atoms with E-state index in [2.05, 4.69) is 26.1 Å². The number of carbonyl (C=O) groups is 2. The van der Waals surface area contributed by atoms with Crippen molar-refractivity contribution in [3.05, 3.63) is 0 Å². The Bertz CT molecular complexity index is 268. The van der Waals surface area contributed by atoms with Crippen molar-refractivity contribution in [1.29, 1.82) is 0 Å². The number of carbonyl (C=O) groups excluding carboxylic acids is 2. The molecule has 0 saturated carbocycles. The SMILES string of the molecule is CC1NC(=O)CCN(CC(C)(C)C)C1=O. The number of nitrogens with zero attached hydrogens (tertiary/aromatic N) is 1. The van der Waals surface area contributed by atoms with Crippen molar-refractivity contribution >= 4 is 11.8 Å². The third-order valence-corrected chi connectivity index (χ3v) is 2.33. The highest BCUT2D eigenvalue weighted by molar-refractivity contribution is 5.89. The maximum Gasteiger partial charge on any atom is 0.244 e. The highest BCUT2D eigenvalue weighted by Gasteiger charge is 2.28. The molecule has 1 heterocycles. The molecule has 1 rings (SSSR count). The van der Waals surface area contributed by atoms with Crippen LogP contribution in [0.5, 0.6) is 0 Å². The lowest BCUT2D eigenvalue weighted by molar-refractivity contribution is -0.134. The van der Waals surface area contributed by atoms with E-state index in [-0.39, 0.29) is 23.3 Å². The Morgan fingerprint density at radius 3 is 2.53 bits per heavy atom. The molecule has 4 heteroatoms. The highest BCUT2D eigenvalue weighted by atomic mass is 16.2. The van der Waals surface area contributed by atoms with Crippen LogP contribution in [-0.2, 0) is 9.59 Å². The number of rotatable bonds is 1. The summed E-state index contributed by atoms with van der Waals surface area (Å²) in [5.74, 6) is -0.0111. The van der Waals surface area contributed by atoms with E-state index in [4.69, 9.17) is 0 Å². The van der Waals surface area contributed by atoms with Gasteiger partial charge >= 0.3 is 0 Å². The fourth-order valence-electron chi connectivity index (χ4n) is 1.73. The second-order valence-electron chi connectivity index (χ2n) is 5.36. The van der Waals surface area contributed by atoms with E-state index in [0.29, 0.717) is 19.5 Å². The fourth-order valence-corrected chi connectivity index (χ4v) is 1.73. The molecule has 0 aliphatic carbocycles. The van der Waals surface area contributed by atoms with Crippen LogP contribution in [0.25, 0.3) is 0 Å². The second kappa shape index (κ2) is 4.21. The smallest absolute Gasteiger partial charge is 0.244 e. The quantitative estimate of drug-likeness (QED) is 0.698. The van der Waals surface area contributed by atoms with Crippen molar-refractivity contribution < 1.29 is 9.59 Å². The molecular weight excluding hydrogens is 192 g/mol. The lowest BCUT2D eigenvalue weighted by Crippen LogP contribution is -2.45. The van der Waals surface area contributed by atoms with Crippen LogP contribution in [0.1, 0.15) is 34.1 Å². The Balaban J connectivity index is 2.71. The zero-order valence-corrected chi connectivity index (χ0v) is 9.96. The molecule has 1 atom stereocenters. The minimum Gasteiger partial charge on any atom is -0.345 e. The topological polar surface area (TPSA) is 49.4 Å². The molecule has 15 heavy (non-hydrogen) atoms. The summed E-state index contributed by atoms with van der Waals surface area (Å²) in [6.07, 6.45) is 0.409. The average molecular weight is 212 g/mol. The Morgan fingerprint density at radius 1 is 1.40 bits per heavy atom. The first-order chi connectivity index (χ1) is 6.79. The normalized spacial score (nSPS) is 23.7. The van der Waals surface area contributed by atoms with Crippen LogP contribution in [0.3, 0.4) is 0 Å². The lowest BCUT2D eigenvalue weighted by Gasteiger charge is -2.29. The minimum absolute atomic E-state index is 0.0239. The van der Waals surface area contributed by atoms with E-state index in [1.807, 2.05) is 0 Å². The van der Waals surface area contributed by atoms with Crippen molar-refractivity contribution in [3.8, 4) is 0 Å². The molecule has 0 aromatic carbocycles. The summed E-state index contributed by atoms with van der Waals surface area (Å²) in [5, 5.41) is 2.68. The summed E-state index contributed by atoms with van der Waals surface area (Å²) in [7, 11) is 0. The summed E-state index contributed by atoms with van der Waals surface area (Å²) in [6, 6.07) is -0.387. The molecule has 0 aromatic heterocycles. The van der Waals surface area contributed by atoms with E-state index in [9.17, 15) is 9.59 Å². The summed E-state index contributed by atoms with van der Waals surface area (Å²) in [4.78, 5) is 24.9. The van der Waals surface area contributed by atoms with Gasteiger partial charge in [-0.1, -0.05) is 20.8 Å². The first kappa shape index (κ1) is 12.0. The van der Waals surface area contributed by atoms with Gasteiger partial charge in [-0.2, -0.15) is 0 Å². The Kier molecular flexibility index (Phi) is 3.37. The predicted octanol–water partition coefficient (Wildman–Crippen LogP) is 0.769. The van der Waals surface area contributed by atoms with E-state index in [0.717, 1.165) is 0 Å². The molecule has 1 fully saturated rings. The molecular formula is C11H20N2O2. The van der Waals surface area contributed by atoms with Gasteiger partial charge in [-0.15, -0.1) is 0 Å². The maximum atomic E-state index is 11.9. The third kappa shape index (κ3) is 3.53. The maximum absolute atomic E-state index is 11.9. The zero-order valence-electron chi connectivity index (χ0n) is 9.96. The Morgan fingerprint density at radius 2 is 2.00 bits per heavy atom. The molecule has 0 bridgehead atoms. The second-order valence-corrected chi connectivity index (χ2v) is 5.36. The van der Waals surface area contributed by atoms with Gasteiger partial charge in [0.05, 0.1) is 0 Å². The lowest BCUT2D eigenvalue weighted by atomic mass is 9.96. The van der Waals surface area contributed by atoms with Gasteiger partial charge in [-0.05, 0) is 12.3 Å². The summed E-state index contributed by atoms with van der Waals surface area (Å²) in [6.45, 7) is 9.24. The zero-order chi connectivity index (χ0) is 11.6. The first-order valence-electron chi connectivity index (χ1n) is 5.38. The van der Waals surface area contributed by atoms with Gasteiger partial charge in [0.25, 0.3) is 0 Å². The van der Waals surface area contributed by atoms with Gasteiger partial charge in [0, 0.05) is 19.5 Å². The number of amides is 2. The molecule has 1 N–H and O–H groups in total. The van der Waals surface area contributed by atoms with Gasteiger partial charge < -0.3 is 10.2 Å². The van der Waals surface area contributed by atoms with Crippen molar-refractivity contribution in [1.82, 2.24) is 10.2 Å². The summed E-state index contributed by atoms with van der Waals surface area (Å²) >= 11 is 0. The van der Waals surface area contributed by atoms with Crippen molar-refractivity contribution in [2.24, 2.45) is 5.41 Å². The van der Waals surface area contributed by atoms with Gasteiger partial charge in [-0.25, -0.2) is 0 Å². The standard InChI is InChI=1S/C11H20N2O2/c1-8-10(15)13(7-11(2,3)4)6-5-9(14)12-8/h8H,5-7H2,1-4H3,(H,12,14). The van der Waals surface area contributed by atoms with Crippen LogP contribution >= 0.6 is 0 Å². The van der Waals surface area contributed by atoms with Crippen molar-refractivity contribution in [2.45, 2.75) is 40.2 Å². The Labute approximate surface area is 91.0 Å². The number of hydrogen-bond acceptors (Lipinski definition) is 2. The van der Waals surface area contributed by atoms with Gasteiger partial charge in [-0.3, -0.25) is 9.59 Å². The molecule has 0 radical (unpaired) electrons. The fraction of sp³-hybridized carbons (Fsp3) is 0.818. The molecule has 2 amide bonds. The molecule has 0 spiro atoms. The van der Waals surface area contributed by atoms with Gasteiger partial charge in [0.2, 0.25) is 11.8 Å². The van der Waals surface area contributed by atoms with Crippen LogP contribution in [0, 0.1) is 5.41 Å². The van der Waals surface area contributed by atoms with Crippen LogP contribution in [0.15, 0.2) is 0 Å².